The maximum Gasteiger partial charge on any atom is 0.260 e. The third-order valence-electron chi connectivity index (χ3n) is 5.77. The van der Waals surface area contributed by atoms with Crippen molar-refractivity contribution in [3.8, 4) is 11.5 Å². The Morgan fingerprint density at radius 1 is 1.11 bits per heavy atom. The molecule has 2 aliphatic rings. The number of aliphatic hydroxyl groups is 1. The van der Waals surface area contributed by atoms with Crippen LogP contribution in [-0.4, -0.2) is 53.3 Å². The van der Waals surface area contributed by atoms with Gasteiger partial charge in [0.25, 0.3) is 11.5 Å². The summed E-state index contributed by atoms with van der Waals surface area (Å²) in [6, 6.07) is 10.6. The van der Waals surface area contributed by atoms with Crippen LogP contribution in [0.5, 0.6) is 11.5 Å². The number of amides is 1. The van der Waals surface area contributed by atoms with Crippen LogP contribution in [0.4, 0.5) is 0 Å². The van der Waals surface area contributed by atoms with E-state index in [1.165, 1.54) is 6.20 Å². The highest BCUT2D eigenvalue weighted by Crippen LogP contribution is 2.39. The second kappa shape index (κ2) is 7.67. The highest BCUT2D eigenvalue weighted by molar-refractivity contribution is 5.94. The molecule has 7 nitrogen and oxygen atoms in total. The smallest absolute Gasteiger partial charge is 0.260 e. The number of H-pyrrole nitrogens is 1. The minimum atomic E-state index is -0.610. The van der Waals surface area contributed by atoms with Gasteiger partial charge in [0.2, 0.25) is 0 Å². The Morgan fingerprint density at radius 3 is 2.54 bits per heavy atom. The molecule has 1 aromatic heterocycles. The number of fused-ring (bicyclic) bond motifs is 1. The first-order chi connectivity index (χ1) is 13.6. The Balaban J connectivity index is 1.46. The quantitative estimate of drug-likeness (QED) is 0.837. The summed E-state index contributed by atoms with van der Waals surface area (Å²) in [5, 5.41) is 10.6. The van der Waals surface area contributed by atoms with E-state index >= 15 is 0 Å². The first-order valence-electron chi connectivity index (χ1n) is 9.51. The Bertz CT molecular complexity index is 911. The van der Waals surface area contributed by atoms with Gasteiger partial charge in [-0.15, -0.1) is 0 Å². The molecule has 1 aliphatic heterocycles. The van der Waals surface area contributed by atoms with Gasteiger partial charge in [0, 0.05) is 19.3 Å². The molecule has 2 N–H and O–H groups in total. The van der Waals surface area contributed by atoms with Crippen molar-refractivity contribution in [1.29, 1.82) is 0 Å². The van der Waals surface area contributed by atoms with Crippen molar-refractivity contribution >= 4 is 5.91 Å². The van der Waals surface area contributed by atoms with Crippen molar-refractivity contribution in [3.63, 3.8) is 0 Å². The zero-order valence-electron chi connectivity index (χ0n) is 15.7. The maximum atomic E-state index is 12.7. The molecule has 1 aliphatic carbocycles. The molecule has 0 unspecified atom stereocenters. The number of nitrogens with one attached hydrogen (secondary N) is 1. The molecule has 4 rings (SSSR count). The molecule has 4 atom stereocenters. The van der Waals surface area contributed by atoms with E-state index in [9.17, 15) is 14.7 Å². The highest BCUT2D eigenvalue weighted by Gasteiger charge is 2.44. The number of rotatable bonds is 4. The van der Waals surface area contributed by atoms with Gasteiger partial charge in [-0.05, 0) is 48.9 Å². The minimum Gasteiger partial charge on any atom is -0.493 e. The summed E-state index contributed by atoms with van der Waals surface area (Å²) in [6.45, 7) is 1.12. The van der Waals surface area contributed by atoms with Gasteiger partial charge in [0.05, 0.1) is 13.2 Å². The minimum absolute atomic E-state index is 0.156. The zero-order valence-corrected chi connectivity index (χ0v) is 15.7. The molecule has 1 saturated heterocycles. The number of likely N-dealkylation sites (tertiary alicyclic amines) is 1. The maximum absolute atomic E-state index is 12.7. The van der Waals surface area contributed by atoms with Gasteiger partial charge in [0.15, 0.2) is 11.5 Å². The SMILES string of the molecule is COc1ccccc1O[C@@H]1C[C@@H]2CN(C(=O)c3ccc[nH]c3=O)C[C@@H]2C[C@H]1O. The van der Waals surface area contributed by atoms with Crippen molar-refractivity contribution in [2.75, 3.05) is 20.2 Å². The summed E-state index contributed by atoms with van der Waals surface area (Å²) in [5.74, 6) is 1.42. The van der Waals surface area contributed by atoms with Gasteiger partial charge in [-0.2, -0.15) is 0 Å². The van der Waals surface area contributed by atoms with E-state index in [0.29, 0.717) is 37.4 Å². The number of pyridine rings is 1. The number of benzene rings is 1. The molecule has 2 aromatic rings. The first-order valence-corrected chi connectivity index (χ1v) is 9.51. The lowest BCUT2D eigenvalue weighted by molar-refractivity contribution is -0.0240. The Hall–Kier alpha value is -2.80. The van der Waals surface area contributed by atoms with Gasteiger partial charge in [0.1, 0.15) is 11.7 Å². The number of ether oxygens (including phenoxy) is 2. The fourth-order valence-corrected chi connectivity index (χ4v) is 4.32. The Kier molecular flexibility index (Phi) is 5.09. The van der Waals surface area contributed by atoms with E-state index in [-0.39, 0.29) is 35.0 Å². The van der Waals surface area contributed by atoms with Gasteiger partial charge in [-0.3, -0.25) is 9.59 Å². The molecule has 1 amide bonds. The largest absolute Gasteiger partial charge is 0.493 e. The number of carbonyl (C=O) groups is 1. The molecule has 2 fully saturated rings. The van der Waals surface area contributed by atoms with Crippen molar-refractivity contribution in [2.24, 2.45) is 11.8 Å². The molecule has 148 valence electrons. The first kappa shape index (κ1) is 18.6. The van der Waals surface area contributed by atoms with Crippen LogP contribution >= 0.6 is 0 Å². The van der Waals surface area contributed by atoms with Crippen LogP contribution in [-0.2, 0) is 0 Å². The van der Waals surface area contributed by atoms with E-state index in [4.69, 9.17) is 9.47 Å². The molecule has 2 heterocycles. The molecular weight excluding hydrogens is 360 g/mol. The van der Waals surface area contributed by atoms with Crippen LogP contribution in [0.1, 0.15) is 23.2 Å². The van der Waals surface area contributed by atoms with Gasteiger partial charge in [-0.1, -0.05) is 12.1 Å². The average Bonchev–Trinajstić information content (AvgIpc) is 3.11. The van der Waals surface area contributed by atoms with Crippen LogP contribution < -0.4 is 15.0 Å². The van der Waals surface area contributed by atoms with Gasteiger partial charge >= 0.3 is 0 Å². The molecule has 1 aromatic carbocycles. The summed E-state index contributed by atoms with van der Waals surface area (Å²) in [7, 11) is 1.58. The number of aromatic nitrogens is 1. The summed E-state index contributed by atoms with van der Waals surface area (Å²) in [4.78, 5) is 28.9. The molecular formula is C21H24N2O5. The van der Waals surface area contributed by atoms with E-state index < -0.39 is 6.10 Å². The lowest BCUT2D eigenvalue weighted by Crippen LogP contribution is -2.42. The average molecular weight is 384 g/mol. The standard InChI is InChI=1S/C21H24N2O5/c1-27-17-6-2-3-7-18(17)28-19-10-14-12-23(11-13(14)9-16(19)24)21(26)15-5-4-8-22-20(15)25/h2-8,13-14,16,19,24H,9-12H2,1H3,(H,22,25)/t13-,14+,16+,19+/m0/s1. The monoisotopic (exact) mass is 384 g/mol. The molecule has 7 heteroatoms. The van der Waals surface area contributed by atoms with E-state index in [2.05, 4.69) is 4.98 Å². The molecule has 28 heavy (non-hydrogen) atoms. The van der Waals surface area contributed by atoms with Gasteiger partial charge in [-0.25, -0.2) is 0 Å². The lowest BCUT2D eigenvalue weighted by Gasteiger charge is -2.35. The summed E-state index contributed by atoms with van der Waals surface area (Å²) < 4.78 is 11.4. The summed E-state index contributed by atoms with van der Waals surface area (Å²) >= 11 is 0. The second-order valence-corrected chi connectivity index (χ2v) is 7.49. The van der Waals surface area contributed by atoms with Crippen molar-refractivity contribution in [2.45, 2.75) is 25.0 Å². The number of aromatic amines is 1. The molecule has 1 saturated carbocycles. The van der Waals surface area contributed by atoms with E-state index in [1.54, 1.807) is 24.1 Å². The second-order valence-electron chi connectivity index (χ2n) is 7.49. The van der Waals surface area contributed by atoms with Crippen LogP contribution in [0.25, 0.3) is 0 Å². The zero-order chi connectivity index (χ0) is 19.7. The summed E-state index contributed by atoms with van der Waals surface area (Å²) in [6.07, 6.45) is 1.77. The van der Waals surface area contributed by atoms with Crippen molar-refractivity contribution in [3.05, 3.63) is 58.5 Å². The lowest BCUT2D eigenvalue weighted by atomic mass is 9.78. The normalized spacial score (nSPS) is 26.6. The van der Waals surface area contributed by atoms with Crippen LogP contribution in [0.3, 0.4) is 0 Å². The molecule has 0 radical (unpaired) electrons. The summed E-state index contributed by atoms with van der Waals surface area (Å²) in [5.41, 5.74) is -0.219. The van der Waals surface area contributed by atoms with Crippen LogP contribution in [0.15, 0.2) is 47.4 Å². The number of aliphatic hydroxyl groups excluding tert-OH is 1. The van der Waals surface area contributed by atoms with E-state index in [0.717, 1.165) is 0 Å². The number of hydrogen-bond donors (Lipinski definition) is 2. The fraction of sp³-hybridized carbons (Fsp3) is 0.429. The number of para-hydroxylation sites is 2. The van der Waals surface area contributed by atoms with E-state index in [1.807, 2.05) is 24.3 Å². The topological polar surface area (TPSA) is 91.9 Å². The number of methoxy groups -OCH3 is 1. The predicted octanol–water partition coefficient (Wildman–Crippen LogP) is 1.67. The highest BCUT2D eigenvalue weighted by atomic mass is 16.5. The third-order valence-corrected chi connectivity index (χ3v) is 5.77. The molecule has 0 spiro atoms. The van der Waals surface area contributed by atoms with Crippen molar-refractivity contribution < 1.29 is 19.4 Å². The van der Waals surface area contributed by atoms with Gasteiger partial charge < -0.3 is 24.5 Å². The molecule has 0 bridgehead atoms. The van der Waals surface area contributed by atoms with Crippen LogP contribution in [0, 0.1) is 11.8 Å². The van der Waals surface area contributed by atoms with Crippen LogP contribution in [0.2, 0.25) is 0 Å². The predicted molar refractivity (Wildman–Crippen MR) is 103 cm³/mol. The number of nitrogens with zero attached hydrogens (tertiary/aromatic N) is 1. The third kappa shape index (κ3) is 3.49. The Morgan fingerprint density at radius 2 is 1.82 bits per heavy atom. The fourth-order valence-electron chi connectivity index (χ4n) is 4.32. The number of hydrogen-bond acceptors (Lipinski definition) is 5. The Labute approximate surface area is 162 Å². The van der Waals surface area contributed by atoms with Crippen molar-refractivity contribution in [1.82, 2.24) is 9.88 Å². The number of carbonyl (C=O) groups excluding carboxylic acids is 1.